The summed E-state index contributed by atoms with van der Waals surface area (Å²) < 4.78 is 5.35. The van der Waals surface area contributed by atoms with Crippen LogP contribution in [-0.2, 0) is 4.74 Å². The normalized spacial score (nSPS) is 26.5. The Kier molecular flexibility index (Phi) is 4.57. The van der Waals surface area contributed by atoms with Crippen LogP contribution in [0.15, 0.2) is 24.4 Å². The van der Waals surface area contributed by atoms with Crippen LogP contribution in [0.2, 0.25) is 0 Å². The van der Waals surface area contributed by atoms with E-state index in [9.17, 15) is 9.59 Å². The van der Waals surface area contributed by atoms with Gasteiger partial charge in [-0.3, -0.25) is 9.78 Å². The molecule has 25 heavy (non-hydrogen) atoms. The average Bonchev–Trinajstić information content (AvgIpc) is 3.00. The first-order valence-electron chi connectivity index (χ1n) is 9.06. The Labute approximate surface area is 147 Å². The number of ether oxygens (including phenoxy) is 1. The summed E-state index contributed by atoms with van der Waals surface area (Å²) in [5.74, 6) is 0.314. The van der Waals surface area contributed by atoms with Gasteiger partial charge in [0.1, 0.15) is 5.69 Å². The van der Waals surface area contributed by atoms with E-state index < -0.39 is 0 Å². The lowest BCUT2D eigenvalue weighted by molar-refractivity contribution is 0.0340. The predicted molar refractivity (Wildman–Crippen MR) is 91.1 cm³/mol. The van der Waals surface area contributed by atoms with Crippen LogP contribution in [0.1, 0.15) is 23.3 Å². The molecule has 5 rings (SSSR count). The van der Waals surface area contributed by atoms with Crippen molar-refractivity contribution < 1.29 is 14.3 Å². The van der Waals surface area contributed by atoms with Crippen molar-refractivity contribution >= 4 is 11.9 Å². The fourth-order valence-corrected chi connectivity index (χ4v) is 4.07. The number of hydrogen-bond donors (Lipinski definition) is 0. The summed E-state index contributed by atoms with van der Waals surface area (Å²) in [7, 11) is 0. The molecular weight excluding hydrogens is 320 g/mol. The van der Waals surface area contributed by atoms with Crippen LogP contribution in [0, 0.1) is 5.92 Å². The molecule has 5 heterocycles. The molecule has 4 saturated heterocycles. The number of aromatic nitrogens is 1. The van der Waals surface area contributed by atoms with E-state index in [2.05, 4.69) is 4.98 Å². The summed E-state index contributed by atoms with van der Waals surface area (Å²) in [6, 6.07) is 5.60. The number of piperidine rings is 1. The molecule has 1 aromatic heterocycles. The molecule has 2 atom stereocenters. The zero-order valence-electron chi connectivity index (χ0n) is 14.3. The smallest absolute Gasteiger partial charge is 0.320 e. The first kappa shape index (κ1) is 16.3. The van der Waals surface area contributed by atoms with E-state index in [0.717, 1.165) is 19.4 Å². The largest absolute Gasteiger partial charge is 0.378 e. The van der Waals surface area contributed by atoms with Crippen molar-refractivity contribution in [1.29, 1.82) is 0 Å². The molecule has 4 aliphatic heterocycles. The Hall–Kier alpha value is -2.15. The third-order valence-corrected chi connectivity index (χ3v) is 5.41. The van der Waals surface area contributed by atoms with Gasteiger partial charge >= 0.3 is 6.03 Å². The molecule has 0 aliphatic carbocycles. The number of nitrogens with zero attached hydrogens (tertiary/aromatic N) is 4. The number of rotatable bonds is 1. The molecule has 3 amide bonds. The molecule has 7 nitrogen and oxygen atoms in total. The lowest BCUT2D eigenvalue weighted by atomic mass is 9.95. The highest BCUT2D eigenvalue weighted by molar-refractivity contribution is 5.92. The molecule has 7 heteroatoms. The molecule has 0 N–H and O–H groups in total. The molecule has 134 valence electrons. The molecule has 4 aliphatic rings. The minimum atomic E-state index is -0.0295. The number of fused-ring (bicyclic) bond motifs is 4. The summed E-state index contributed by atoms with van der Waals surface area (Å²) in [6.07, 6.45) is 3.68. The lowest BCUT2D eigenvalue weighted by Crippen LogP contribution is -2.55. The van der Waals surface area contributed by atoms with Crippen LogP contribution < -0.4 is 0 Å². The van der Waals surface area contributed by atoms with Gasteiger partial charge in [-0.1, -0.05) is 6.07 Å². The van der Waals surface area contributed by atoms with Gasteiger partial charge in [-0.2, -0.15) is 0 Å². The molecule has 2 bridgehead atoms. The highest BCUT2D eigenvalue weighted by Crippen LogP contribution is 2.29. The second-order valence-electron chi connectivity index (χ2n) is 7.06. The van der Waals surface area contributed by atoms with Crippen molar-refractivity contribution in [2.75, 3.05) is 45.9 Å². The topological polar surface area (TPSA) is 66.0 Å². The van der Waals surface area contributed by atoms with Gasteiger partial charge in [0, 0.05) is 38.9 Å². The maximum absolute atomic E-state index is 12.9. The molecule has 0 saturated carbocycles. The number of hydrogen-bond acceptors (Lipinski definition) is 4. The zero-order chi connectivity index (χ0) is 17.2. The predicted octanol–water partition coefficient (Wildman–Crippen LogP) is 1.07. The van der Waals surface area contributed by atoms with E-state index in [1.165, 1.54) is 0 Å². The van der Waals surface area contributed by atoms with Crippen LogP contribution in [0.4, 0.5) is 4.79 Å². The van der Waals surface area contributed by atoms with E-state index in [1.807, 2.05) is 26.8 Å². The maximum Gasteiger partial charge on any atom is 0.320 e. The number of carbonyl (C=O) groups excluding carboxylic acids is 2. The third-order valence-electron chi connectivity index (χ3n) is 5.41. The molecule has 1 aromatic rings. The maximum atomic E-state index is 12.9. The number of amides is 3. The van der Waals surface area contributed by atoms with Crippen molar-refractivity contribution in [3.05, 3.63) is 30.1 Å². The van der Waals surface area contributed by atoms with Gasteiger partial charge in [0.25, 0.3) is 5.91 Å². The summed E-state index contributed by atoms with van der Waals surface area (Å²) in [6.45, 7) is 4.58. The minimum Gasteiger partial charge on any atom is -0.378 e. The zero-order valence-corrected chi connectivity index (χ0v) is 14.3. The summed E-state index contributed by atoms with van der Waals surface area (Å²) in [5.41, 5.74) is 0.481. The van der Waals surface area contributed by atoms with Crippen molar-refractivity contribution in [2.45, 2.75) is 18.9 Å². The van der Waals surface area contributed by atoms with Crippen LogP contribution in [0.3, 0.4) is 0 Å². The fraction of sp³-hybridized carbons (Fsp3) is 0.611. The van der Waals surface area contributed by atoms with Gasteiger partial charge in [-0.05, 0) is 30.9 Å². The van der Waals surface area contributed by atoms with Crippen LogP contribution in [0.25, 0.3) is 0 Å². The number of urea groups is 1. The Morgan fingerprint density at radius 1 is 1.04 bits per heavy atom. The first-order valence-corrected chi connectivity index (χ1v) is 9.06. The van der Waals surface area contributed by atoms with Gasteiger partial charge in [0.2, 0.25) is 0 Å². The number of pyridine rings is 1. The van der Waals surface area contributed by atoms with Crippen LogP contribution in [-0.4, -0.2) is 83.6 Å². The van der Waals surface area contributed by atoms with Crippen molar-refractivity contribution in [1.82, 2.24) is 19.7 Å². The standard InChI is InChI=1S/C18H24N4O3/c23-17(16-3-1-2-6-19-16)21-11-14-4-5-15(13-21)22(12-14)18(24)20-7-9-25-10-8-20/h1-3,6,14-15H,4-5,7-13H2/t14-,15+/m0/s1. The first-order chi connectivity index (χ1) is 12.2. The molecule has 0 unspecified atom stereocenters. The molecule has 4 fully saturated rings. The Balaban J connectivity index is 1.48. The van der Waals surface area contributed by atoms with Gasteiger partial charge in [-0.25, -0.2) is 4.79 Å². The second kappa shape index (κ2) is 7.00. The fourth-order valence-electron chi connectivity index (χ4n) is 4.07. The highest BCUT2D eigenvalue weighted by Gasteiger charge is 2.40. The van der Waals surface area contributed by atoms with Crippen LogP contribution in [0.5, 0.6) is 0 Å². The van der Waals surface area contributed by atoms with E-state index >= 15 is 0 Å². The van der Waals surface area contributed by atoms with Crippen molar-refractivity contribution in [2.24, 2.45) is 5.92 Å². The summed E-state index contributed by atoms with van der Waals surface area (Å²) >= 11 is 0. The lowest BCUT2D eigenvalue weighted by Gasteiger charge is -2.40. The van der Waals surface area contributed by atoms with E-state index in [4.69, 9.17) is 4.74 Å². The van der Waals surface area contributed by atoms with E-state index in [1.54, 1.807) is 12.3 Å². The monoisotopic (exact) mass is 344 g/mol. The minimum absolute atomic E-state index is 0.0295. The molecule has 0 aromatic carbocycles. The quantitative estimate of drug-likeness (QED) is 0.764. The highest BCUT2D eigenvalue weighted by atomic mass is 16.5. The van der Waals surface area contributed by atoms with Crippen molar-refractivity contribution in [3.63, 3.8) is 0 Å². The van der Waals surface area contributed by atoms with Crippen molar-refractivity contribution in [3.8, 4) is 0 Å². The van der Waals surface area contributed by atoms with Gasteiger partial charge in [0.15, 0.2) is 0 Å². The van der Waals surface area contributed by atoms with E-state index in [0.29, 0.717) is 51.0 Å². The number of morpholine rings is 1. The molecular formula is C18H24N4O3. The SMILES string of the molecule is O=C(c1ccccn1)N1C[C@@H]2CC[C@H](C1)N(C(=O)N1CCOCC1)C2. The Morgan fingerprint density at radius 3 is 2.64 bits per heavy atom. The van der Waals surface area contributed by atoms with Gasteiger partial charge in [-0.15, -0.1) is 0 Å². The molecule has 0 spiro atoms. The second-order valence-corrected chi connectivity index (χ2v) is 7.06. The number of carbonyl (C=O) groups is 2. The summed E-state index contributed by atoms with van der Waals surface area (Å²) in [4.78, 5) is 35.7. The van der Waals surface area contributed by atoms with Gasteiger partial charge in [0.05, 0.1) is 19.3 Å². The van der Waals surface area contributed by atoms with E-state index in [-0.39, 0.29) is 18.0 Å². The van der Waals surface area contributed by atoms with Gasteiger partial charge < -0.3 is 19.4 Å². The molecule has 0 radical (unpaired) electrons. The Bertz CT molecular complexity index is 632. The third kappa shape index (κ3) is 3.33. The Morgan fingerprint density at radius 2 is 1.88 bits per heavy atom. The van der Waals surface area contributed by atoms with Crippen LogP contribution >= 0.6 is 0 Å². The summed E-state index contributed by atoms with van der Waals surface area (Å²) in [5, 5.41) is 0. The average molecular weight is 344 g/mol.